The summed E-state index contributed by atoms with van der Waals surface area (Å²) in [5.74, 6) is 0. The van der Waals surface area contributed by atoms with Gasteiger partial charge in [0, 0.05) is 24.0 Å². The predicted octanol–water partition coefficient (Wildman–Crippen LogP) is 6.23. The minimum atomic E-state index is 0.519. The van der Waals surface area contributed by atoms with Crippen LogP contribution >= 0.6 is 11.8 Å². The Morgan fingerprint density at radius 1 is 0.885 bits per heavy atom. The maximum absolute atomic E-state index is 4.83. The van der Waals surface area contributed by atoms with Crippen molar-refractivity contribution in [1.29, 1.82) is 0 Å². The smallest absolute Gasteiger partial charge is 0.0962 e. The molecule has 2 nitrogen and oxygen atoms in total. The molecule has 1 aliphatic heterocycles. The number of pyridine rings is 1. The van der Waals surface area contributed by atoms with Crippen molar-refractivity contribution in [3.63, 3.8) is 0 Å². The van der Waals surface area contributed by atoms with Crippen LogP contribution in [0, 0.1) is 0 Å². The third-order valence-electron chi connectivity index (χ3n) is 5.83. The minimum Gasteiger partial charge on any atom is -0.292 e. The van der Waals surface area contributed by atoms with Gasteiger partial charge in [-0.1, -0.05) is 62.1 Å². The molecule has 1 atom stereocenters. The van der Waals surface area contributed by atoms with Crippen LogP contribution in [0.5, 0.6) is 0 Å². The Morgan fingerprint density at radius 3 is 2.46 bits per heavy atom. The molecule has 0 spiro atoms. The summed E-state index contributed by atoms with van der Waals surface area (Å²) in [5.41, 5.74) is 2.81. The number of rotatable bonds is 5. The highest BCUT2D eigenvalue weighted by Crippen LogP contribution is 2.35. The summed E-state index contributed by atoms with van der Waals surface area (Å²) in [4.78, 5) is 7.47. The average molecular weight is 367 g/mol. The van der Waals surface area contributed by atoms with E-state index in [0.717, 1.165) is 11.8 Å². The molecule has 1 saturated carbocycles. The molecular formula is C23H30N2S. The number of likely N-dealkylation sites (tertiary alicyclic amines) is 1. The zero-order chi connectivity index (χ0) is 17.6. The molecule has 3 heteroatoms. The van der Waals surface area contributed by atoms with Gasteiger partial charge in [0.05, 0.1) is 5.03 Å². The molecule has 0 bridgehead atoms. The normalized spacial score (nSPS) is 22.4. The number of hydrogen-bond donors (Lipinski definition) is 0. The van der Waals surface area contributed by atoms with Crippen LogP contribution < -0.4 is 0 Å². The Morgan fingerprint density at radius 2 is 1.69 bits per heavy atom. The number of thioether (sulfide) groups is 1. The topological polar surface area (TPSA) is 16.1 Å². The lowest BCUT2D eigenvalue weighted by molar-refractivity contribution is 0.140. The molecule has 1 aromatic carbocycles. The second kappa shape index (κ2) is 9.05. The highest BCUT2D eigenvalue weighted by Gasteiger charge is 2.24. The monoisotopic (exact) mass is 366 g/mol. The Kier molecular flexibility index (Phi) is 6.29. The van der Waals surface area contributed by atoms with Crippen molar-refractivity contribution < 1.29 is 0 Å². The van der Waals surface area contributed by atoms with E-state index in [-0.39, 0.29) is 0 Å². The van der Waals surface area contributed by atoms with Crippen LogP contribution in [0.2, 0.25) is 0 Å². The van der Waals surface area contributed by atoms with E-state index in [1.54, 1.807) is 0 Å². The van der Waals surface area contributed by atoms with E-state index in [9.17, 15) is 0 Å². The van der Waals surface area contributed by atoms with Crippen LogP contribution in [0.25, 0.3) is 0 Å². The van der Waals surface area contributed by atoms with Crippen LogP contribution in [0.4, 0.5) is 0 Å². The Labute approximate surface area is 162 Å². The Bertz CT molecular complexity index is 664. The third-order valence-corrected chi connectivity index (χ3v) is 7.11. The molecule has 1 saturated heterocycles. The van der Waals surface area contributed by atoms with Crippen LogP contribution in [0.15, 0.2) is 53.7 Å². The van der Waals surface area contributed by atoms with Crippen molar-refractivity contribution in [3.05, 3.63) is 59.8 Å². The largest absolute Gasteiger partial charge is 0.292 e. The summed E-state index contributed by atoms with van der Waals surface area (Å²) in [6, 6.07) is 16.0. The lowest BCUT2D eigenvalue weighted by Crippen LogP contribution is -2.33. The second-order valence-corrected chi connectivity index (χ2v) is 9.10. The van der Waals surface area contributed by atoms with Gasteiger partial charge in [0.1, 0.15) is 0 Å². The fourth-order valence-corrected chi connectivity index (χ4v) is 5.56. The molecule has 0 unspecified atom stereocenters. The molecule has 138 valence electrons. The number of hydrogen-bond acceptors (Lipinski definition) is 3. The first-order valence-electron chi connectivity index (χ1n) is 10.3. The van der Waals surface area contributed by atoms with Gasteiger partial charge < -0.3 is 0 Å². The van der Waals surface area contributed by atoms with E-state index in [0.29, 0.717) is 6.04 Å². The molecule has 2 heterocycles. The van der Waals surface area contributed by atoms with E-state index in [2.05, 4.69) is 53.6 Å². The molecule has 4 rings (SSSR count). The number of aromatic nitrogens is 1. The number of piperidine rings is 1. The fourth-order valence-electron chi connectivity index (χ4n) is 4.39. The lowest BCUT2D eigenvalue weighted by atomic mass is 9.96. The zero-order valence-corrected chi connectivity index (χ0v) is 16.5. The van der Waals surface area contributed by atoms with Crippen molar-refractivity contribution >= 4 is 11.8 Å². The van der Waals surface area contributed by atoms with Crippen LogP contribution in [0.3, 0.4) is 0 Å². The van der Waals surface area contributed by atoms with Gasteiger partial charge in [0.15, 0.2) is 0 Å². The first-order valence-corrected chi connectivity index (χ1v) is 11.2. The van der Waals surface area contributed by atoms with Crippen molar-refractivity contribution in [2.45, 2.75) is 74.2 Å². The van der Waals surface area contributed by atoms with Crippen LogP contribution in [-0.4, -0.2) is 21.7 Å². The molecular weight excluding hydrogens is 336 g/mol. The third kappa shape index (κ3) is 4.69. The number of benzene rings is 1. The van der Waals surface area contributed by atoms with Crippen molar-refractivity contribution in [2.24, 2.45) is 0 Å². The maximum Gasteiger partial charge on any atom is 0.0962 e. The van der Waals surface area contributed by atoms with E-state index < -0.39 is 0 Å². The lowest BCUT2D eigenvalue weighted by Gasteiger charge is -2.36. The van der Waals surface area contributed by atoms with Gasteiger partial charge in [0.2, 0.25) is 0 Å². The minimum absolute atomic E-state index is 0.519. The van der Waals surface area contributed by atoms with Crippen LogP contribution in [0.1, 0.15) is 68.5 Å². The second-order valence-electron chi connectivity index (χ2n) is 7.78. The average Bonchev–Trinajstić information content (AvgIpc) is 2.71. The Balaban J connectivity index is 1.42. The molecule has 2 fully saturated rings. The summed E-state index contributed by atoms with van der Waals surface area (Å²) in [5, 5.41) is 2.00. The molecule has 26 heavy (non-hydrogen) atoms. The fraction of sp³-hybridized carbons (Fsp3) is 0.522. The van der Waals surface area contributed by atoms with Gasteiger partial charge in [-0.3, -0.25) is 4.90 Å². The molecule has 2 aliphatic rings. The van der Waals surface area contributed by atoms with E-state index in [1.807, 2.05) is 11.8 Å². The zero-order valence-electron chi connectivity index (χ0n) is 15.6. The van der Waals surface area contributed by atoms with Crippen LogP contribution in [-0.2, 0) is 6.54 Å². The highest BCUT2D eigenvalue weighted by atomic mass is 32.2. The van der Waals surface area contributed by atoms with Gasteiger partial charge in [0.25, 0.3) is 0 Å². The maximum atomic E-state index is 4.83. The van der Waals surface area contributed by atoms with Gasteiger partial charge >= 0.3 is 0 Å². The van der Waals surface area contributed by atoms with Crippen molar-refractivity contribution in [1.82, 2.24) is 9.88 Å². The van der Waals surface area contributed by atoms with Crippen molar-refractivity contribution in [2.75, 3.05) is 6.54 Å². The number of nitrogens with zero attached hydrogens (tertiary/aromatic N) is 2. The summed E-state index contributed by atoms with van der Waals surface area (Å²) in [6.07, 6.45) is 13.0. The molecule has 0 N–H and O–H groups in total. The molecule has 0 radical (unpaired) electrons. The molecule has 1 aromatic heterocycles. The molecule has 0 amide bonds. The summed E-state index contributed by atoms with van der Waals surface area (Å²) in [7, 11) is 0. The summed E-state index contributed by atoms with van der Waals surface area (Å²) < 4.78 is 0. The summed E-state index contributed by atoms with van der Waals surface area (Å²) >= 11 is 2.00. The Hall–Kier alpha value is -1.32. The van der Waals surface area contributed by atoms with E-state index in [4.69, 9.17) is 4.98 Å². The SMILES string of the molecule is c1ccc(CN2CCCC[C@@H]2c2ccc(SC3CCCCC3)nc2)cc1. The van der Waals surface area contributed by atoms with Gasteiger partial charge in [-0.25, -0.2) is 4.98 Å². The van der Waals surface area contributed by atoms with Gasteiger partial charge in [-0.2, -0.15) is 0 Å². The van der Waals surface area contributed by atoms with E-state index >= 15 is 0 Å². The summed E-state index contributed by atoms with van der Waals surface area (Å²) in [6.45, 7) is 2.24. The first kappa shape index (κ1) is 18.1. The van der Waals surface area contributed by atoms with E-state index in [1.165, 1.54) is 74.1 Å². The molecule has 2 aromatic rings. The first-order chi connectivity index (χ1) is 12.9. The molecule has 1 aliphatic carbocycles. The van der Waals surface area contributed by atoms with Gasteiger partial charge in [-0.15, -0.1) is 11.8 Å². The quantitative estimate of drug-likeness (QED) is 0.623. The highest BCUT2D eigenvalue weighted by molar-refractivity contribution is 7.99. The van der Waals surface area contributed by atoms with Crippen molar-refractivity contribution in [3.8, 4) is 0 Å². The van der Waals surface area contributed by atoms with Gasteiger partial charge in [-0.05, 0) is 49.4 Å². The standard InChI is InChI=1S/C23H30N2S/c1-3-9-19(10-4-1)18-25-16-8-7-13-22(25)20-14-15-23(24-17-20)26-21-11-5-2-6-12-21/h1,3-4,9-10,14-15,17,21-22H,2,5-8,11-13,16,18H2/t22-/m1/s1. The predicted molar refractivity (Wildman–Crippen MR) is 110 cm³/mol.